The van der Waals surface area contributed by atoms with E-state index < -0.39 is 5.54 Å². The highest BCUT2D eigenvalue weighted by Crippen LogP contribution is 2.23. The van der Waals surface area contributed by atoms with Crippen molar-refractivity contribution in [2.75, 3.05) is 0 Å². The number of hydrogen-bond donors (Lipinski definition) is 2. The molecule has 1 aromatic rings. The summed E-state index contributed by atoms with van der Waals surface area (Å²) in [5.74, 6) is -0.329. The zero-order valence-corrected chi connectivity index (χ0v) is 8.81. The van der Waals surface area contributed by atoms with E-state index in [0.717, 1.165) is 12.8 Å². The van der Waals surface area contributed by atoms with Crippen molar-refractivity contribution in [2.24, 2.45) is 5.73 Å². The van der Waals surface area contributed by atoms with E-state index in [2.05, 4.69) is 10.4 Å². The summed E-state index contributed by atoms with van der Waals surface area (Å²) in [6.07, 6.45) is 5.78. The number of rotatable bonds is 5. The minimum absolute atomic E-state index is 0.329. The van der Waals surface area contributed by atoms with Crippen molar-refractivity contribution in [3.8, 4) is 0 Å². The lowest BCUT2D eigenvalue weighted by atomic mass is 10.0. The Morgan fingerprint density at radius 3 is 2.93 bits per heavy atom. The van der Waals surface area contributed by atoms with Gasteiger partial charge in [0.1, 0.15) is 5.54 Å². The molecule has 1 saturated carbocycles. The van der Waals surface area contributed by atoms with E-state index in [1.54, 1.807) is 10.9 Å². The highest BCUT2D eigenvalue weighted by molar-refractivity contribution is 5.84. The van der Waals surface area contributed by atoms with E-state index in [4.69, 9.17) is 5.73 Å². The summed E-state index contributed by atoms with van der Waals surface area (Å²) in [6.45, 7) is 2.31. The topological polar surface area (TPSA) is 72.9 Å². The minimum Gasteiger partial charge on any atom is -0.368 e. The Morgan fingerprint density at radius 2 is 2.47 bits per heavy atom. The first kappa shape index (κ1) is 10.2. The van der Waals surface area contributed by atoms with Crippen LogP contribution >= 0.6 is 0 Å². The molecule has 3 N–H and O–H groups in total. The third kappa shape index (κ3) is 2.36. The van der Waals surface area contributed by atoms with Crippen molar-refractivity contribution in [2.45, 2.75) is 37.9 Å². The molecule has 0 radical (unpaired) electrons. The van der Waals surface area contributed by atoms with E-state index in [1.165, 1.54) is 0 Å². The van der Waals surface area contributed by atoms with Crippen LogP contribution in [0.15, 0.2) is 18.5 Å². The summed E-state index contributed by atoms with van der Waals surface area (Å²) in [4.78, 5) is 11.4. The van der Waals surface area contributed by atoms with Crippen LogP contribution in [-0.4, -0.2) is 27.3 Å². The van der Waals surface area contributed by atoms with Gasteiger partial charge in [-0.15, -0.1) is 0 Å². The number of nitrogens with zero attached hydrogens (tertiary/aromatic N) is 2. The normalized spacial score (nSPS) is 19.8. The van der Waals surface area contributed by atoms with Crippen LogP contribution in [0, 0.1) is 0 Å². The maximum Gasteiger partial charge on any atom is 0.239 e. The average Bonchev–Trinajstić information content (AvgIpc) is 2.80. The number of primary amides is 1. The largest absolute Gasteiger partial charge is 0.368 e. The van der Waals surface area contributed by atoms with E-state index in [1.807, 2.05) is 19.2 Å². The quantitative estimate of drug-likeness (QED) is 0.708. The summed E-state index contributed by atoms with van der Waals surface area (Å²) < 4.78 is 1.72. The molecule has 1 aliphatic rings. The van der Waals surface area contributed by atoms with Crippen molar-refractivity contribution in [1.29, 1.82) is 0 Å². The average molecular weight is 208 g/mol. The maximum atomic E-state index is 11.4. The molecule has 0 saturated heterocycles. The lowest BCUT2D eigenvalue weighted by Gasteiger charge is -2.27. The maximum absolute atomic E-state index is 11.4. The Balaban J connectivity index is 2.07. The SMILES string of the molecule is CC(Cn1cccn1)(NC1CC1)C(N)=O. The zero-order chi connectivity index (χ0) is 10.9. The fourth-order valence-electron chi connectivity index (χ4n) is 1.59. The van der Waals surface area contributed by atoms with Crippen LogP contribution < -0.4 is 11.1 Å². The van der Waals surface area contributed by atoms with Crippen molar-refractivity contribution in [1.82, 2.24) is 15.1 Å². The molecule has 15 heavy (non-hydrogen) atoms. The number of nitrogens with one attached hydrogen (secondary N) is 1. The van der Waals surface area contributed by atoms with Gasteiger partial charge in [0, 0.05) is 18.4 Å². The summed E-state index contributed by atoms with van der Waals surface area (Å²) >= 11 is 0. The first-order chi connectivity index (χ1) is 7.10. The summed E-state index contributed by atoms with van der Waals surface area (Å²) in [5.41, 5.74) is 4.72. The minimum atomic E-state index is -0.701. The predicted octanol–water partition coefficient (Wildman–Crippen LogP) is -0.121. The van der Waals surface area contributed by atoms with E-state index in [9.17, 15) is 4.79 Å². The van der Waals surface area contributed by atoms with E-state index in [-0.39, 0.29) is 5.91 Å². The second kappa shape index (κ2) is 3.66. The molecule has 2 rings (SSSR count). The lowest BCUT2D eigenvalue weighted by Crippen LogP contribution is -2.56. The Labute approximate surface area is 88.6 Å². The molecule has 0 aliphatic heterocycles. The van der Waals surface area contributed by atoms with Gasteiger partial charge in [-0.05, 0) is 25.8 Å². The van der Waals surface area contributed by atoms with Gasteiger partial charge in [0.25, 0.3) is 0 Å². The van der Waals surface area contributed by atoms with Crippen LogP contribution in [0.4, 0.5) is 0 Å². The summed E-state index contributed by atoms with van der Waals surface area (Å²) in [7, 11) is 0. The highest BCUT2D eigenvalue weighted by atomic mass is 16.1. The molecule has 5 nitrogen and oxygen atoms in total. The fourth-order valence-corrected chi connectivity index (χ4v) is 1.59. The van der Waals surface area contributed by atoms with Crippen LogP contribution in [0.3, 0.4) is 0 Å². The number of nitrogens with two attached hydrogens (primary N) is 1. The number of hydrogen-bond acceptors (Lipinski definition) is 3. The molecule has 1 aromatic heterocycles. The van der Waals surface area contributed by atoms with Crippen molar-refractivity contribution >= 4 is 5.91 Å². The van der Waals surface area contributed by atoms with Gasteiger partial charge in [-0.2, -0.15) is 5.10 Å². The molecule has 1 amide bonds. The second-order valence-corrected chi connectivity index (χ2v) is 4.32. The fraction of sp³-hybridized carbons (Fsp3) is 0.600. The molecular formula is C10H16N4O. The molecule has 1 unspecified atom stereocenters. The van der Waals surface area contributed by atoms with Crippen molar-refractivity contribution in [3.63, 3.8) is 0 Å². The predicted molar refractivity (Wildman–Crippen MR) is 56.0 cm³/mol. The standard InChI is InChI=1S/C10H16N4O/c1-10(9(11)15,13-8-3-4-8)7-14-6-2-5-12-14/h2,5-6,8,13H,3-4,7H2,1H3,(H2,11,15). The van der Waals surface area contributed by atoms with Crippen LogP contribution in [0.5, 0.6) is 0 Å². The van der Waals surface area contributed by atoms with Crippen molar-refractivity contribution < 1.29 is 4.79 Å². The number of carbonyl (C=O) groups excluding carboxylic acids is 1. The van der Waals surface area contributed by atoms with Crippen LogP contribution in [0.2, 0.25) is 0 Å². The molecule has 1 aliphatic carbocycles. The van der Waals surface area contributed by atoms with Crippen LogP contribution in [0.25, 0.3) is 0 Å². The molecule has 0 bridgehead atoms. The lowest BCUT2D eigenvalue weighted by molar-refractivity contribution is -0.124. The van der Waals surface area contributed by atoms with Gasteiger partial charge in [-0.3, -0.25) is 14.8 Å². The monoisotopic (exact) mass is 208 g/mol. The number of aromatic nitrogens is 2. The van der Waals surface area contributed by atoms with E-state index >= 15 is 0 Å². The molecule has 82 valence electrons. The first-order valence-corrected chi connectivity index (χ1v) is 5.15. The molecular weight excluding hydrogens is 192 g/mol. The number of amides is 1. The van der Waals surface area contributed by atoms with Gasteiger partial charge in [0.15, 0.2) is 0 Å². The van der Waals surface area contributed by atoms with Crippen LogP contribution in [-0.2, 0) is 11.3 Å². The smallest absolute Gasteiger partial charge is 0.239 e. The molecule has 1 atom stereocenters. The van der Waals surface area contributed by atoms with Crippen molar-refractivity contribution in [3.05, 3.63) is 18.5 Å². The Kier molecular flexibility index (Phi) is 2.48. The molecule has 5 heteroatoms. The van der Waals surface area contributed by atoms with Gasteiger partial charge in [-0.25, -0.2) is 0 Å². The van der Waals surface area contributed by atoms with Gasteiger partial charge in [0.2, 0.25) is 5.91 Å². The van der Waals surface area contributed by atoms with E-state index in [0.29, 0.717) is 12.6 Å². The van der Waals surface area contributed by atoms with Gasteiger partial charge >= 0.3 is 0 Å². The molecule has 1 heterocycles. The first-order valence-electron chi connectivity index (χ1n) is 5.15. The third-order valence-electron chi connectivity index (χ3n) is 2.68. The summed E-state index contributed by atoms with van der Waals surface area (Å²) in [6, 6.07) is 2.27. The van der Waals surface area contributed by atoms with Gasteiger partial charge in [0.05, 0.1) is 6.54 Å². The second-order valence-electron chi connectivity index (χ2n) is 4.32. The highest BCUT2D eigenvalue weighted by Gasteiger charge is 2.37. The molecule has 0 spiro atoms. The number of carbonyl (C=O) groups is 1. The Bertz CT molecular complexity index is 344. The molecule has 0 aromatic carbocycles. The summed E-state index contributed by atoms with van der Waals surface area (Å²) in [5, 5.41) is 7.35. The molecule has 1 fully saturated rings. The Morgan fingerprint density at radius 1 is 1.73 bits per heavy atom. The zero-order valence-electron chi connectivity index (χ0n) is 8.81. The van der Waals surface area contributed by atoms with Crippen LogP contribution in [0.1, 0.15) is 19.8 Å². The van der Waals surface area contributed by atoms with Gasteiger partial charge < -0.3 is 5.73 Å². The Hall–Kier alpha value is -1.36. The van der Waals surface area contributed by atoms with Gasteiger partial charge in [-0.1, -0.05) is 0 Å². The third-order valence-corrected chi connectivity index (χ3v) is 2.68.